The lowest BCUT2D eigenvalue weighted by Gasteiger charge is -1.92. The third-order valence-corrected chi connectivity index (χ3v) is 1.68. The van der Waals surface area contributed by atoms with Crippen LogP contribution in [0.5, 0.6) is 0 Å². The Hall–Kier alpha value is -1.84. The molecule has 0 saturated heterocycles. The number of aliphatic imine (C=N–C) groups is 1. The van der Waals surface area contributed by atoms with Crippen molar-refractivity contribution in [2.24, 2.45) is 4.99 Å². The molecule has 1 rings (SSSR count). The summed E-state index contributed by atoms with van der Waals surface area (Å²) in [4.78, 5) is 7.81. The Bertz CT molecular complexity index is 363. The number of nitrogens with one attached hydrogen (secondary N) is 1. The fourth-order valence-corrected chi connectivity index (χ4v) is 0.945. The molecule has 0 atom stereocenters. The predicted octanol–water partition coefficient (Wildman–Crippen LogP) is 2.33. The van der Waals surface area contributed by atoms with Gasteiger partial charge in [0.25, 0.3) is 0 Å². The fourth-order valence-electron chi connectivity index (χ4n) is 0.945. The molecule has 1 N–H and O–H groups in total. The van der Waals surface area contributed by atoms with Gasteiger partial charge in [-0.1, -0.05) is 6.08 Å². The summed E-state index contributed by atoms with van der Waals surface area (Å²) < 4.78 is 5.25. The molecule has 0 radical (unpaired) electrons. The van der Waals surface area contributed by atoms with E-state index in [-0.39, 0.29) is 0 Å². The first-order valence-electron chi connectivity index (χ1n) is 4.24. The number of hydrogen-bond donors (Lipinski definition) is 1. The van der Waals surface area contributed by atoms with Crippen molar-refractivity contribution in [1.29, 1.82) is 0 Å². The summed E-state index contributed by atoms with van der Waals surface area (Å²) in [6.07, 6.45) is 6.85. The van der Waals surface area contributed by atoms with Gasteiger partial charge in [0, 0.05) is 18.8 Å². The van der Waals surface area contributed by atoms with Gasteiger partial charge in [-0.2, -0.15) is 4.98 Å². The molecule has 0 aliphatic carbocycles. The SMILES string of the molecule is C=N/C=C\C(=C/C)c1nc(NC)co1. The third kappa shape index (κ3) is 2.32. The first kappa shape index (κ1) is 10.2. The maximum Gasteiger partial charge on any atom is 0.227 e. The van der Waals surface area contributed by atoms with E-state index in [0.29, 0.717) is 11.7 Å². The van der Waals surface area contributed by atoms with Gasteiger partial charge >= 0.3 is 0 Å². The fraction of sp³-hybridized carbons (Fsp3) is 0.200. The van der Waals surface area contributed by atoms with Gasteiger partial charge in [0.2, 0.25) is 5.89 Å². The van der Waals surface area contributed by atoms with E-state index in [1.54, 1.807) is 25.6 Å². The van der Waals surface area contributed by atoms with E-state index in [1.165, 1.54) is 0 Å². The highest BCUT2D eigenvalue weighted by atomic mass is 16.3. The van der Waals surface area contributed by atoms with Crippen LogP contribution in [0.3, 0.4) is 0 Å². The lowest BCUT2D eigenvalue weighted by Crippen LogP contribution is -1.87. The van der Waals surface area contributed by atoms with Crippen molar-refractivity contribution in [1.82, 2.24) is 4.98 Å². The number of nitrogens with zero attached hydrogens (tertiary/aromatic N) is 2. The second kappa shape index (κ2) is 5.01. The molecule has 1 heterocycles. The zero-order valence-electron chi connectivity index (χ0n) is 8.32. The third-order valence-electron chi connectivity index (χ3n) is 1.68. The molecular weight excluding hydrogens is 178 g/mol. The Balaban J connectivity index is 2.90. The van der Waals surface area contributed by atoms with Crippen molar-refractivity contribution in [2.45, 2.75) is 6.92 Å². The van der Waals surface area contributed by atoms with E-state index in [0.717, 1.165) is 5.57 Å². The van der Waals surface area contributed by atoms with Crippen LogP contribution in [0.4, 0.5) is 5.82 Å². The smallest absolute Gasteiger partial charge is 0.227 e. The molecule has 0 spiro atoms. The van der Waals surface area contributed by atoms with Crippen LogP contribution >= 0.6 is 0 Å². The van der Waals surface area contributed by atoms with Gasteiger partial charge in [-0.05, 0) is 19.7 Å². The van der Waals surface area contributed by atoms with Gasteiger partial charge in [0.1, 0.15) is 6.26 Å². The summed E-state index contributed by atoms with van der Waals surface area (Å²) in [5.74, 6) is 1.27. The summed E-state index contributed by atoms with van der Waals surface area (Å²) in [5, 5.41) is 2.89. The van der Waals surface area contributed by atoms with Crippen LogP contribution in [0.25, 0.3) is 5.57 Å². The lowest BCUT2D eigenvalue weighted by atomic mass is 10.2. The summed E-state index contributed by atoms with van der Waals surface area (Å²) >= 11 is 0. The van der Waals surface area contributed by atoms with E-state index in [2.05, 4.69) is 22.0 Å². The topological polar surface area (TPSA) is 50.4 Å². The average molecular weight is 191 g/mol. The Labute approximate surface area is 83.1 Å². The van der Waals surface area contributed by atoms with Crippen molar-refractivity contribution in [3.63, 3.8) is 0 Å². The molecule has 0 aliphatic rings. The highest BCUT2D eigenvalue weighted by molar-refractivity contribution is 5.68. The largest absolute Gasteiger partial charge is 0.442 e. The van der Waals surface area contributed by atoms with E-state index in [1.807, 2.05) is 13.0 Å². The molecular formula is C10H13N3O. The van der Waals surface area contributed by atoms with Crippen LogP contribution in [-0.4, -0.2) is 18.7 Å². The number of hydrogen-bond acceptors (Lipinski definition) is 4. The normalized spacial score (nSPS) is 12.0. The first-order chi connectivity index (χ1) is 6.81. The van der Waals surface area contributed by atoms with Crippen molar-refractivity contribution in [3.8, 4) is 0 Å². The van der Waals surface area contributed by atoms with Gasteiger partial charge < -0.3 is 9.73 Å². The molecule has 0 aliphatic heterocycles. The Morgan fingerprint density at radius 1 is 1.71 bits per heavy atom. The van der Waals surface area contributed by atoms with Crippen molar-refractivity contribution >= 4 is 18.1 Å². The molecule has 0 amide bonds. The van der Waals surface area contributed by atoms with E-state index < -0.39 is 0 Å². The number of anilines is 1. The number of aromatic nitrogens is 1. The number of rotatable bonds is 4. The van der Waals surface area contributed by atoms with Crippen molar-refractivity contribution < 1.29 is 4.42 Å². The van der Waals surface area contributed by atoms with E-state index >= 15 is 0 Å². The Morgan fingerprint density at radius 3 is 3.00 bits per heavy atom. The number of oxazole rings is 1. The van der Waals surface area contributed by atoms with Crippen LogP contribution < -0.4 is 5.32 Å². The van der Waals surface area contributed by atoms with Crippen LogP contribution in [0.15, 0.2) is 34.0 Å². The molecule has 1 aromatic rings. The molecule has 0 bridgehead atoms. The van der Waals surface area contributed by atoms with E-state index in [4.69, 9.17) is 4.42 Å². The molecule has 1 aromatic heterocycles. The standard InChI is InChI=1S/C10H13N3O/c1-4-8(5-6-11-2)10-13-9(12-3)7-14-10/h4-7,12H,2H2,1,3H3/b6-5-,8-4+. The van der Waals surface area contributed by atoms with Crippen LogP contribution in [-0.2, 0) is 0 Å². The zero-order chi connectivity index (χ0) is 10.4. The number of allylic oxidation sites excluding steroid dienone is 3. The van der Waals surface area contributed by atoms with Crippen LogP contribution in [0, 0.1) is 0 Å². The monoisotopic (exact) mass is 191 g/mol. The second-order valence-corrected chi connectivity index (χ2v) is 2.53. The minimum Gasteiger partial charge on any atom is -0.442 e. The maximum atomic E-state index is 5.25. The van der Waals surface area contributed by atoms with Crippen molar-refractivity contribution in [2.75, 3.05) is 12.4 Å². The first-order valence-corrected chi connectivity index (χ1v) is 4.24. The summed E-state index contributed by atoms with van der Waals surface area (Å²) in [6.45, 7) is 5.26. The molecule has 0 unspecified atom stereocenters. The molecule has 0 aromatic carbocycles. The molecule has 0 saturated carbocycles. The Kier molecular flexibility index (Phi) is 3.67. The molecule has 4 heteroatoms. The predicted molar refractivity (Wildman–Crippen MR) is 58.4 cm³/mol. The van der Waals surface area contributed by atoms with Gasteiger partial charge in [-0.15, -0.1) is 0 Å². The van der Waals surface area contributed by atoms with E-state index in [9.17, 15) is 0 Å². The molecule has 4 nitrogen and oxygen atoms in total. The van der Waals surface area contributed by atoms with Gasteiger partial charge in [0.15, 0.2) is 5.82 Å². The quantitative estimate of drug-likeness (QED) is 0.587. The zero-order valence-corrected chi connectivity index (χ0v) is 8.32. The second-order valence-electron chi connectivity index (χ2n) is 2.53. The minimum atomic E-state index is 0.566. The highest BCUT2D eigenvalue weighted by Crippen LogP contribution is 2.17. The minimum absolute atomic E-state index is 0.566. The van der Waals surface area contributed by atoms with Gasteiger partial charge in [-0.3, -0.25) is 4.99 Å². The van der Waals surface area contributed by atoms with Crippen LogP contribution in [0.1, 0.15) is 12.8 Å². The van der Waals surface area contributed by atoms with Gasteiger partial charge in [-0.25, -0.2) is 0 Å². The summed E-state index contributed by atoms with van der Waals surface area (Å²) in [7, 11) is 1.79. The maximum absolute atomic E-state index is 5.25. The molecule has 74 valence electrons. The van der Waals surface area contributed by atoms with Crippen LogP contribution in [0.2, 0.25) is 0 Å². The summed E-state index contributed by atoms with van der Waals surface area (Å²) in [6, 6.07) is 0. The highest BCUT2D eigenvalue weighted by Gasteiger charge is 2.04. The average Bonchev–Trinajstić information content (AvgIpc) is 2.68. The Morgan fingerprint density at radius 2 is 2.50 bits per heavy atom. The lowest BCUT2D eigenvalue weighted by molar-refractivity contribution is 0.543. The molecule has 0 fully saturated rings. The van der Waals surface area contributed by atoms with Gasteiger partial charge in [0.05, 0.1) is 0 Å². The molecule has 14 heavy (non-hydrogen) atoms. The van der Waals surface area contributed by atoms with Crippen molar-refractivity contribution in [3.05, 3.63) is 30.5 Å². The summed E-state index contributed by atoms with van der Waals surface area (Å²) in [5.41, 5.74) is 0.874.